The van der Waals surface area contributed by atoms with E-state index in [1.165, 1.54) is 12.1 Å². The van der Waals surface area contributed by atoms with Gasteiger partial charge in [-0.3, -0.25) is 4.79 Å². The van der Waals surface area contributed by atoms with Crippen molar-refractivity contribution in [2.45, 2.75) is 19.4 Å². The molecule has 0 aliphatic rings. The number of nitrogens with one attached hydrogen (secondary N) is 1. The van der Waals surface area contributed by atoms with Crippen molar-refractivity contribution in [3.05, 3.63) is 34.6 Å². The first-order valence-electron chi connectivity index (χ1n) is 4.67. The van der Waals surface area contributed by atoms with Crippen LogP contribution in [0.5, 0.6) is 0 Å². The third-order valence-corrected chi connectivity index (χ3v) is 2.26. The van der Waals surface area contributed by atoms with Gasteiger partial charge >= 0.3 is 0 Å². The Balaban J connectivity index is 2.74. The summed E-state index contributed by atoms with van der Waals surface area (Å²) in [6.07, 6.45) is 0.210. The summed E-state index contributed by atoms with van der Waals surface area (Å²) in [6, 6.07) is 5.48. The van der Waals surface area contributed by atoms with E-state index in [9.17, 15) is 9.18 Å². The van der Waals surface area contributed by atoms with Crippen LogP contribution in [0.3, 0.4) is 0 Å². The Hall–Kier alpha value is -1.60. The molecule has 0 aliphatic carbocycles. The maximum absolute atomic E-state index is 13.1. The van der Waals surface area contributed by atoms with Crippen LogP contribution in [0.1, 0.15) is 23.7 Å². The van der Waals surface area contributed by atoms with E-state index in [2.05, 4.69) is 5.32 Å². The molecule has 0 saturated heterocycles. The van der Waals surface area contributed by atoms with Gasteiger partial charge in [0.15, 0.2) is 0 Å². The molecule has 0 radical (unpaired) electrons. The molecular formula is C11H10ClFN2O. The zero-order valence-corrected chi connectivity index (χ0v) is 9.38. The van der Waals surface area contributed by atoms with Crippen LogP contribution in [0, 0.1) is 17.1 Å². The normalized spacial score (nSPS) is 11.6. The summed E-state index contributed by atoms with van der Waals surface area (Å²) in [6.45, 7) is 1.70. The lowest BCUT2D eigenvalue weighted by Crippen LogP contribution is -2.32. The zero-order valence-electron chi connectivity index (χ0n) is 8.63. The predicted octanol–water partition coefficient (Wildman–Crippen LogP) is 2.51. The van der Waals surface area contributed by atoms with Gasteiger partial charge in [0, 0.05) is 11.6 Å². The van der Waals surface area contributed by atoms with Gasteiger partial charge in [-0.25, -0.2) is 4.39 Å². The van der Waals surface area contributed by atoms with Crippen molar-refractivity contribution in [2.75, 3.05) is 0 Å². The van der Waals surface area contributed by atoms with Crippen LogP contribution >= 0.6 is 11.6 Å². The molecule has 0 aromatic heterocycles. The molecule has 0 saturated carbocycles. The molecule has 5 heteroatoms. The van der Waals surface area contributed by atoms with Crippen LogP contribution < -0.4 is 5.32 Å². The highest BCUT2D eigenvalue weighted by Gasteiger charge is 2.11. The first-order chi connectivity index (χ1) is 7.54. The van der Waals surface area contributed by atoms with Gasteiger partial charge in [-0.05, 0) is 25.1 Å². The van der Waals surface area contributed by atoms with Crippen molar-refractivity contribution in [1.82, 2.24) is 5.32 Å². The first-order valence-corrected chi connectivity index (χ1v) is 5.05. The predicted molar refractivity (Wildman–Crippen MR) is 58.6 cm³/mol. The Kier molecular flexibility index (Phi) is 4.27. The second-order valence-corrected chi connectivity index (χ2v) is 3.77. The van der Waals surface area contributed by atoms with Crippen LogP contribution in [0.2, 0.25) is 5.02 Å². The summed E-state index contributed by atoms with van der Waals surface area (Å²) in [7, 11) is 0. The molecular weight excluding hydrogens is 231 g/mol. The van der Waals surface area contributed by atoms with E-state index in [1.54, 1.807) is 6.92 Å². The van der Waals surface area contributed by atoms with Gasteiger partial charge in [0.2, 0.25) is 0 Å². The highest BCUT2D eigenvalue weighted by atomic mass is 35.5. The molecule has 1 aromatic rings. The molecule has 1 rings (SSSR count). The molecule has 16 heavy (non-hydrogen) atoms. The van der Waals surface area contributed by atoms with Gasteiger partial charge in [-0.2, -0.15) is 5.26 Å². The number of carbonyl (C=O) groups excluding carboxylic acids is 1. The Bertz CT molecular complexity index is 442. The fourth-order valence-corrected chi connectivity index (χ4v) is 1.25. The van der Waals surface area contributed by atoms with E-state index >= 15 is 0 Å². The Morgan fingerprint density at radius 1 is 1.69 bits per heavy atom. The minimum absolute atomic E-state index is 0.0263. The number of benzene rings is 1. The largest absolute Gasteiger partial charge is 0.349 e. The van der Waals surface area contributed by atoms with E-state index in [0.717, 1.165) is 6.07 Å². The molecule has 0 fully saturated rings. The van der Waals surface area contributed by atoms with Crippen LogP contribution in [0.25, 0.3) is 0 Å². The van der Waals surface area contributed by atoms with Gasteiger partial charge in [0.1, 0.15) is 5.82 Å². The van der Waals surface area contributed by atoms with Crippen molar-refractivity contribution in [3.8, 4) is 6.07 Å². The lowest BCUT2D eigenvalue weighted by Gasteiger charge is -2.10. The third-order valence-electron chi connectivity index (χ3n) is 1.96. The number of nitriles is 1. The standard InChI is InChI=1S/C11H10ClFN2O/c1-7(4-5-14)15-11(16)8-2-3-9(12)10(13)6-8/h2-3,6-7H,4H2,1H3,(H,15,16). The molecule has 0 aliphatic heterocycles. The number of rotatable bonds is 3. The van der Waals surface area contributed by atoms with Gasteiger partial charge in [0.05, 0.1) is 17.5 Å². The molecule has 3 nitrogen and oxygen atoms in total. The second kappa shape index (κ2) is 5.47. The summed E-state index contributed by atoms with van der Waals surface area (Å²) in [4.78, 5) is 11.6. The number of carbonyl (C=O) groups is 1. The first kappa shape index (κ1) is 12.5. The van der Waals surface area contributed by atoms with Crippen LogP contribution in [-0.2, 0) is 0 Å². The summed E-state index contributed by atoms with van der Waals surface area (Å²) in [5.74, 6) is -1.06. The third kappa shape index (κ3) is 3.21. The maximum atomic E-state index is 13.1. The lowest BCUT2D eigenvalue weighted by atomic mass is 10.2. The number of nitrogens with zero attached hydrogens (tertiary/aromatic N) is 1. The fourth-order valence-electron chi connectivity index (χ4n) is 1.13. The van der Waals surface area contributed by atoms with Gasteiger partial charge in [-0.1, -0.05) is 11.6 Å². The van der Waals surface area contributed by atoms with Crippen LogP contribution in [-0.4, -0.2) is 11.9 Å². The van der Waals surface area contributed by atoms with Gasteiger partial charge in [0.25, 0.3) is 5.91 Å². The average molecular weight is 241 g/mol. The van der Waals surface area contributed by atoms with Gasteiger partial charge < -0.3 is 5.32 Å². The number of halogens is 2. The Labute approximate surface area is 97.8 Å². The average Bonchev–Trinajstić information content (AvgIpc) is 2.22. The minimum Gasteiger partial charge on any atom is -0.349 e. The summed E-state index contributed by atoms with van der Waals surface area (Å²) < 4.78 is 13.1. The molecule has 1 amide bonds. The zero-order chi connectivity index (χ0) is 12.1. The van der Waals surface area contributed by atoms with E-state index in [-0.39, 0.29) is 23.0 Å². The minimum atomic E-state index is -0.637. The summed E-state index contributed by atoms with van der Waals surface area (Å²) in [5.41, 5.74) is 0.187. The van der Waals surface area contributed by atoms with Crippen molar-refractivity contribution in [2.24, 2.45) is 0 Å². The molecule has 84 valence electrons. The van der Waals surface area contributed by atoms with Crippen molar-refractivity contribution >= 4 is 17.5 Å². The molecule has 0 bridgehead atoms. The number of amides is 1. The molecule has 1 unspecified atom stereocenters. The SMILES string of the molecule is CC(CC#N)NC(=O)c1ccc(Cl)c(F)c1. The smallest absolute Gasteiger partial charge is 0.251 e. The second-order valence-electron chi connectivity index (χ2n) is 3.37. The maximum Gasteiger partial charge on any atom is 0.251 e. The lowest BCUT2D eigenvalue weighted by molar-refractivity contribution is 0.0940. The van der Waals surface area contributed by atoms with Crippen LogP contribution in [0.15, 0.2) is 18.2 Å². The molecule has 0 spiro atoms. The van der Waals surface area contributed by atoms with E-state index in [0.29, 0.717) is 0 Å². The van der Waals surface area contributed by atoms with Gasteiger partial charge in [-0.15, -0.1) is 0 Å². The monoisotopic (exact) mass is 240 g/mol. The highest BCUT2D eigenvalue weighted by molar-refractivity contribution is 6.30. The molecule has 1 atom stereocenters. The van der Waals surface area contributed by atoms with Crippen molar-refractivity contribution < 1.29 is 9.18 Å². The fraction of sp³-hybridized carbons (Fsp3) is 0.273. The molecule has 1 aromatic carbocycles. The number of hydrogen-bond donors (Lipinski definition) is 1. The Morgan fingerprint density at radius 3 is 2.94 bits per heavy atom. The quantitative estimate of drug-likeness (QED) is 0.883. The van der Waals surface area contributed by atoms with Crippen molar-refractivity contribution in [1.29, 1.82) is 5.26 Å². The van der Waals surface area contributed by atoms with Crippen molar-refractivity contribution in [3.63, 3.8) is 0 Å². The molecule has 0 heterocycles. The Morgan fingerprint density at radius 2 is 2.38 bits per heavy atom. The van der Waals surface area contributed by atoms with Crippen LogP contribution in [0.4, 0.5) is 4.39 Å². The van der Waals surface area contributed by atoms with E-state index in [1.807, 2.05) is 6.07 Å². The summed E-state index contributed by atoms with van der Waals surface area (Å²) in [5, 5.41) is 11.0. The van der Waals surface area contributed by atoms with E-state index < -0.39 is 11.7 Å². The highest BCUT2D eigenvalue weighted by Crippen LogP contribution is 2.15. The summed E-state index contributed by atoms with van der Waals surface area (Å²) >= 11 is 5.49. The molecule has 1 N–H and O–H groups in total. The number of hydrogen-bond acceptors (Lipinski definition) is 2. The van der Waals surface area contributed by atoms with E-state index in [4.69, 9.17) is 16.9 Å². The topological polar surface area (TPSA) is 52.9 Å².